The molecule has 1 aromatic carbocycles. The van der Waals surface area contributed by atoms with E-state index in [-0.39, 0.29) is 4.90 Å². The van der Waals surface area contributed by atoms with Crippen LogP contribution in [-0.4, -0.2) is 26.8 Å². The van der Waals surface area contributed by atoms with E-state index < -0.39 is 22.7 Å². The first-order chi connectivity index (χ1) is 10.4. The van der Waals surface area contributed by atoms with E-state index in [1.165, 1.54) is 12.1 Å². The van der Waals surface area contributed by atoms with Crippen LogP contribution in [0.25, 0.3) is 0 Å². The molecule has 0 aromatic heterocycles. The van der Waals surface area contributed by atoms with Gasteiger partial charge in [-0.25, -0.2) is 4.83 Å². The van der Waals surface area contributed by atoms with Gasteiger partial charge in [-0.2, -0.15) is 22.3 Å². The SMILES string of the molecule is Cc1ccc(S(=O)(=O)NN=C2CCC(OC(F)F)CC2)cc1. The van der Waals surface area contributed by atoms with Crippen LogP contribution in [0.5, 0.6) is 0 Å². The van der Waals surface area contributed by atoms with E-state index in [1.807, 2.05) is 6.92 Å². The number of aryl methyl sites for hydroxylation is 1. The lowest BCUT2D eigenvalue weighted by Gasteiger charge is -2.22. The summed E-state index contributed by atoms with van der Waals surface area (Å²) < 4.78 is 52.7. The first kappa shape index (κ1) is 16.8. The minimum absolute atomic E-state index is 0.136. The number of alkyl halides is 2. The molecule has 1 N–H and O–H groups in total. The average molecular weight is 332 g/mol. The first-order valence-electron chi connectivity index (χ1n) is 6.94. The highest BCUT2D eigenvalue weighted by atomic mass is 32.2. The third-order valence-corrected chi connectivity index (χ3v) is 4.68. The van der Waals surface area contributed by atoms with Crippen molar-refractivity contribution in [3.63, 3.8) is 0 Å². The van der Waals surface area contributed by atoms with Gasteiger partial charge < -0.3 is 4.74 Å². The highest BCUT2D eigenvalue weighted by Gasteiger charge is 2.22. The van der Waals surface area contributed by atoms with Crippen LogP contribution in [0.4, 0.5) is 8.78 Å². The summed E-state index contributed by atoms with van der Waals surface area (Å²) in [7, 11) is -3.70. The van der Waals surface area contributed by atoms with E-state index in [4.69, 9.17) is 0 Å². The molecule has 1 aromatic rings. The fourth-order valence-corrected chi connectivity index (χ4v) is 3.06. The van der Waals surface area contributed by atoms with Crippen LogP contribution in [0.2, 0.25) is 0 Å². The number of ether oxygens (including phenoxy) is 1. The zero-order valence-corrected chi connectivity index (χ0v) is 12.9. The molecule has 0 radical (unpaired) electrons. The van der Waals surface area contributed by atoms with Crippen molar-refractivity contribution in [1.82, 2.24) is 4.83 Å². The second-order valence-electron chi connectivity index (χ2n) is 5.18. The molecule has 0 amide bonds. The Morgan fingerprint density at radius 2 is 1.82 bits per heavy atom. The van der Waals surface area contributed by atoms with Crippen LogP contribution in [0, 0.1) is 6.92 Å². The Labute approximate surface area is 128 Å². The van der Waals surface area contributed by atoms with E-state index in [1.54, 1.807) is 12.1 Å². The van der Waals surface area contributed by atoms with Crippen LogP contribution >= 0.6 is 0 Å². The van der Waals surface area contributed by atoms with Crippen molar-refractivity contribution >= 4 is 15.7 Å². The van der Waals surface area contributed by atoms with Crippen molar-refractivity contribution in [2.75, 3.05) is 0 Å². The average Bonchev–Trinajstić information content (AvgIpc) is 2.46. The molecule has 8 heteroatoms. The lowest BCUT2D eigenvalue weighted by molar-refractivity contribution is -0.166. The normalized spacial score (nSPS) is 19.3. The number of hydrogen-bond donors (Lipinski definition) is 1. The third kappa shape index (κ3) is 4.74. The summed E-state index contributed by atoms with van der Waals surface area (Å²) in [6.45, 7) is -0.909. The summed E-state index contributed by atoms with van der Waals surface area (Å²) in [5.74, 6) is 0. The summed E-state index contributed by atoms with van der Waals surface area (Å²) in [5.41, 5.74) is 1.60. The molecule has 0 saturated heterocycles. The van der Waals surface area contributed by atoms with Gasteiger partial charge in [-0.1, -0.05) is 17.7 Å². The van der Waals surface area contributed by atoms with Gasteiger partial charge >= 0.3 is 6.61 Å². The number of hydrogen-bond acceptors (Lipinski definition) is 4. The second kappa shape index (κ2) is 7.15. The molecule has 1 aliphatic rings. The standard InChI is InChI=1S/C14H18F2N2O3S/c1-10-2-8-13(9-3-10)22(19,20)18-17-11-4-6-12(7-5-11)21-14(15)16/h2-3,8-9,12,14,18H,4-7H2,1H3. The fourth-order valence-electron chi connectivity index (χ4n) is 2.21. The number of halogens is 2. The molecule has 122 valence electrons. The maximum absolute atomic E-state index is 12.1. The number of nitrogens with zero attached hydrogens (tertiary/aromatic N) is 1. The van der Waals surface area contributed by atoms with Gasteiger partial charge in [0.1, 0.15) is 0 Å². The minimum atomic E-state index is -3.70. The summed E-state index contributed by atoms with van der Waals surface area (Å²) >= 11 is 0. The summed E-state index contributed by atoms with van der Waals surface area (Å²) in [4.78, 5) is 2.33. The molecular weight excluding hydrogens is 314 g/mol. The van der Waals surface area contributed by atoms with Crippen molar-refractivity contribution in [2.45, 2.75) is 50.2 Å². The Morgan fingerprint density at radius 1 is 1.23 bits per heavy atom. The van der Waals surface area contributed by atoms with E-state index in [2.05, 4.69) is 14.7 Å². The van der Waals surface area contributed by atoms with E-state index >= 15 is 0 Å². The van der Waals surface area contributed by atoms with Gasteiger partial charge in [0.05, 0.1) is 11.0 Å². The molecule has 2 rings (SSSR count). The Hall–Kier alpha value is -1.54. The van der Waals surface area contributed by atoms with Crippen LogP contribution in [0.3, 0.4) is 0 Å². The third-order valence-electron chi connectivity index (χ3n) is 3.46. The van der Waals surface area contributed by atoms with Crippen LogP contribution in [-0.2, 0) is 14.8 Å². The Bertz CT molecular complexity index is 620. The monoisotopic (exact) mass is 332 g/mol. The number of nitrogens with one attached hydrogen (secondary N) is 1. The molecule has 0 heterocycles. The fraction of sp³-hybridized carbons (Fsp3) is 0.500. The molecule has 22 heavy (non-hydrogen) atoms. The highest BCUT2D eigenvalue weighted by molar-refractivity contribution is 7.89. The van der Waals surface area contributed by atoms with Crippen molar-refractivity contribution in [3.05, 3.63) is 29.8 Å². The quantitative estimate of drug-likeness (QED) is 0.843. The molecule has 1 aliphatic carbocycles. The minimum Gasteiger partial charge on any atom is -0.320 e. The Morgan fingerprint density at radius 3 is 2.36 bits per heavy atom. The molecule has 0 aliphatic heterocycles. The molecule has 0 atom stereocenters. The molecule has 0 unspecified atom stereocenters. The number of rotatable bonds is 5. The topological polar surface area (TPSA) is 67.8 Å². The smallest absolute Gasteiger partial charge is 0.320 e. The highest BCUT2D eigenvalue weighted by Crippen LogP contribution is 2.21. The Balaban J connectivity index is 1.93. The number of hydrazone groups is 1. The summed E-state index contributed by atoms with van der Waals surface area (Å²) in [5, 5.41) is 3.90. The van der Waals surface area contributed by atoms with Gasteiger partial charge in [0.25, 0.3) is 10.0 Å². The van der Waals surface area contributed by atoms with Crippen molar-refractivity contribution < 1.29 is 21.9 Å². The maximum atomic E-state index is 12.1. The molecule has 0 spiro atoms. The van der Waals surface area contributed by atoms with E-state index in [9.17, 15) is 17.2 Å². The first-order valence-corrected chi connectivity index (χ1v) is 8.42. The number of sulfonamides is 1. The zero-order valence-electron chi connectivity index (χ0n) is 12.1. The second-order valence-corrected chi connectivity index (χ2v) is 6.84. The van der Waals surface area contributed by atoms with Gasteiger partial charge in [-0.15, -0.1) is 0 Å². The van der Waals surface area contributed by atoms with Crippen molar-refractivity contribution in [2.24, 2.45) is 5.10 Å². The van der Waals surface area contributed by atoms with E-state index in [0.29, 0.717) is 31.4 Å². The molecule has 1 fully saturated rings. The predicted molar refractivity (Wildman–Crippen MR) is 78.3 cm³/mol. The van der Waals surface area contributed by atoms with Gasteiger partial charge in [-0.3, -0.25) is 0 Å². The van der Waals surface area contributed by atoms with Gasteiger partial charge in [0.2, 0.25) is 0 Å². The van der Waals surface area contributed by atoms with Gasteiger partial charge in [0, 0.05) is 5.71 Å². The molecular formula is C14H18F2N2O3S. The van der Waals surface area contributed by atoms with Crippen molar-refractivity contribution in [1.29, 1.82) is 0 Å². The largest absolute Gasteiger partial charge is 0.345 e. The number of benzene rings is 1. The lowest BCUT2D eigenvalue weighted by Crippen LogP contribution is -2.26. The predicted octanol–water partition coefficient (Wildman–Crippen LogP) is 2.81. The summed E-state index contributed by atoms with van der Waals surface area (Å²) in [6, 6.07) is 6.42. The molecule has 5 nitrogen and oxygen atoms in total. The zero-order chi connectivity index (χ0) is 16.2. The van der Waals surface area contributed by atoms with Gasteiger partial charge in [-0.05, 0) is 44.7 Å². The van der Waals surface area contributed by atoms with Crippen LogP contribution in [0.1, 0.15) is 31.2 Å². The Kier molecular flexibility index (Phi) is 5.47. The van der Waals surface area contributed by atoms with Gasteiger partial charge in [0.15, 0.2) is 0 Å². The molecule has 0 bridgehead atoms. The maximum Gasteiger partial charge on any atom is 0.345 e. The van der Waals surface area contributed by atoms with Crippen molar-refractivity contribution in [3.8, 4) is 0 Å². The van der Waals surface area contributed by atoms with Crippen LogP contribution in [0.15, 0.2) is 34.3 Å². The molecule has 1 saturated carbocycles. The van der Waals surface area contributed by atoms with E-state index in [0.717, 1.165) is 5.56 Å². The summed E-state index contributed by atoms with van der Waals surface area (Å²) in [6.07, 6.45) is 1.21. The lowest BCUT2D eigenvalue weighted by atomic mass is 9.96. The van der Waals surface area contributed by atoms with Crippen LogP contribution < -0.4 is 4.83 Å².